The van der Waals surface area contributed by atoms with Gasteiger partial charge in [-0.1, -0.05) is 0 Å². The van der Waals surface area contributed by atoms with E-state index in [9.17, 15) is 18.0 Å². The van der Waals surface area contributed by atoms with Gasteiger partial charge in [-0.2, -0.15) is 0 Å². The predicted molar refractivity (Wildman–Crippen MR) is 89.9 cm³/mol. The van der Waals surface area contributed by atoms with E-state index in [2.05, 4.69) is 4.98 Å². The van der Waals surface area contributed by atoms with Crippen molar-refractivity contribution in [2.75, 3.05) is 38.2 Å². The minimum atomic E-state index is -2.97. The lowest BCUT2D eigenvalue weighted by Gasteiger charge is -2.21. The van der Waals surface area contributed by atoms with Crippen LogP contribution in [0.3, 0.4) is 0 Å². The summed E-state index contributed by atoms with van der Waals surface area (Å²) in [6, 6.07) is 1.49. The molecule has 3 rings (SSSR count). The molecule has 132 valence electrons. The second kappa shape index (κ2) is 6.68. The fourth-order valence-electron chi connectivity index (χ4n) is 3.34. The zero-order chi connectivity index (χ0) is 17.3. The molecule has 3 heterocycles. The van der Waals surface area contributed by atoms with Gasteiger partial charge in [0.25, 0.3) is 5.91 Å². The van der Waals surface area contributed by atoms with Crippen molar-refractivity contribution in [1.29, 1.82) is 0 Å². The average molecular weight is 353 g/mol. The molecule has 1 aromatic heterocycles. The number of hydrogen-bond donors (Lipinski definition) is 1. The Kier molecular flexibility index (Phi) is 4.78. The van der Waals surface area contributed by atoms with Gasteiger partial charge in [-0.3, -0.25) is 14.5 Å². The molecule has 24 heavy (non-hydrogen) atoms. The van der Waals surface area contributed by atoms with Gasteiger partial charge in [0.15, 0.2) is 15.6 Å². The molecule has 1 atom stereocenters. The van der Waals surface area contributed by atoms with E-state index in [-0.39, 0.29) is 35.8 Å². The summed E-state index contributed by atoms with van der Waals surface area (Å²) in [7, 11) is -1.20. The number of H-pyrrole nitrogens is 1. The molecule has 1 amide bonds. The first-order valence-corrected chi connectivity index (χ1v) is 10.1. The largest absolute Gasteiger partial charge is 0.356 e. The Bertz CT molecular complexity index is 734. The number of sulfone groups is 1. The number of likely N-dealkylation sites (tertiary alicyclic amines) is 1. The number of nitrogens with zero attached hydrogens (tertiary/aromatic N) is 2. The van der Waals surface area contributed by atoms with Gasteiger partial charge in [0, 0.05) is 30.9 Å². The molecule has 0 spiro atoms. The molecule has 0 radical (unpaired) electrons. The summed E-state index contributed by atoms with van der Waals surface area (Å²) in [5.74, 6) is 0.123. The van der Waals surface area contributed by atoms with E-state index >= 15 is 0 Å². The summed E-state index contributed by atoms with van der Waals surface area (Å²) in [4.78, 5) is 31.2. The molecule has 2 fully saturated rings. The first-order valence-electron chi connectivity index (χ1n) is 8.27. The average Bonchev–Trinajstić information content (AvgIpc) is 3.26. The van der Waals surface area contributed by atoms with Crippen LogP contribution in [-0.4, -0.2) is 79.1 Å². The Morgan fingerprint density at radius 2 is 2.04 bits per heavy atom. The van der Waals surface area contributed by atoms with Crippen molar-refractivity contribution >= 4 is 21.5 Å². The lowest BCUT2D eigenvalue weighted by molar-refractivity contribution is 0.0787. The van der Waals surface area contributed by atoms with Crippen molar-refractivity contribution in [1.82, 2.24) is 14.8 Å². The van der Waals surface area contributed by atoms with Gasteiger partial charge in [0.05, 0.1) is 18.1 Å². The number of ketones is 1. The zero-order valence-electron chi connectivity index (χ0n) is 13.8. The fraction of sp³-hybridized carbons (Fsp3) is 0.625. The monoisotopic (exact) mass is 353 g/mol. The number of hydrogen-bond acceptors (Lipinski definition) is 5. The lowest BCUT2D eigenvalue weighted by atomic mass is 10.1. The number of carbonyl (C=O) groups excluding carboxylic acids is 2. The summed E-state index contributed by atoms with van der Waals surface area (Å²) in [6.07, 6.45) is 4.17. The highest BCUT2D eigenvalue weighted by atomic mass is 32.2. The maximum Gasteiger partial charge on any atom is 0.270 e. The smallest absolute Gasteiger partial charge is 0.270 e. The molecule has 0 saturated carbocycles. The maximum absolute atomic E-state index is 12.4. The summed E-state index contributed by atoms with van der Waals surface area (Å²) >= 11 is 0. The van der Waals surface area contributed by atoms with E-state index in [0.29, 0.717) is 17.7 Å². The summed E-state index contributed by atoms with van der Waals surface area (Å²) in [5, 5.41) is 0. The molecular weight excluding hydrogens is 330 g/mol. The van der Waals surface area contributed by atoms with Crippen molar-refractivity contribution in [2.24, 2.45) is 0 Å². The Morgan fingerprint density at radius 1 is 1.33 bits per heavy atom. The van der Waals surface area contributed by atoms with Gasteiger partial charge in [0.2, 0.25) is 0 Å². The van der Waals surface area contributed by atoms with Crippen LogP contribution >= 0.6 is 0 Å². The maximum atomic E-state index is 12.4. The third kappa shape index (κ3) is 3.70. The standard InChI is InChI=1S/C16H23N3O4S/c1-18(13-4-7-24(22,23)11-13)10-15(20)12-8-14(17-9-12)16(21)19-5-2-3-6-19/h8-9,13,17H,2-7,10-11H2,1H3. The lowest BCUT2D eigenvalue weighted by Crippen LogP contribution is -2.36. The van der Waals surface area contributed by atoms with E-state index < -0.39 is 9.84 Å². The quantitative estimate of drug-likeness (QED) is 0.781. The number of nitrogens with one attached hydrogen (secondary N) is 1. The Hall–Kier alpha value is -1.67. The molecule has 7 nitrogen and oxygen atoms in total. The van der Waals surface area contributed by atoms with Gasteiger partial charge in [-0.15, -0.1) is 0 Å². The number of aromatic nitrogens is 1. The third-order valence-corrected chi connectivity index (χ3v) is 6.60. The number of Topliss-reactive ketones (excluding diaryl/α,β-unsaturated/α-hetero) is 1. The Balaban J connectivity index is 1.60. The van der Waals surface area contributed by atoms with Crippen LogP contribution in [0.1, 0.15) is 40.1 Å². The van der Waals surface area contributed by atoms with Gasteiger partial charge in [-0.25, -0.2) is 8.42 Å². The van der Waals surface area contributed by atoms with Gasteiger partial charge >= 0.3 is 0 Å². The number of rotatable bonds is 5. The van der Waals surface area contributed by atoms with Crippen LogP contribution in [0.5, 0.6) is 0 Å². The van der Waals surface area contributed by atoms with Crippen molar-refractivity contribution < 1.29 is 18.0 Å². The van der Waals surface area contributed by atoms with Crippen molar-refractivity contribution in [3.05, 3.63) is 23.5 Å². The normalized spacial score (nSPS) is 23.1. The van der Waals surface area contributed by atoms with Gasteiger partial charge in [-0.05, 0) is 32.4 Å². The SMILES string of the molecule is CN(CC(=O)c1c[nH]c(C(=O)N2CCCC2)c1)C1CCS(=O)(=O)C1. The second-order valence-corrected chi connectivity index (χ2v) is 8.93. The molecule has 0 bridgehead atoms. The predicted octanol–water partition coefficient (Wildman–Crippen LogP) is 0.552. The summed E-state index contributed by atoms with van der Waals surface area (Å²) < 4.78 is 23.1. The van der Waals surface area contributed by atoms with Crippen molar-refractivity contribution in [2.45, 2.75) is 25.3 Å². The highest BCUT2D eigenvalue weighted by molar-refractivity contribution is 7.91. The number of likely N-dealkylation sites (N-methyl/N-ethyl adjacent to an activating group) is 1. The van der Waals surface area contributed by atoms with Crippen LogP contribution < -0.4 is 0 Å². The molecule has 2 saturated heterocycles. The first-order chi connectivity index (χ1) is 11.4. The van der Waals surface area contributed by atoms with Crippen molar-refractivity contribution in [3.8, 4) is 0 Å². The molecule has 2 aliphatic heterocycles. The highest BCUT2D eigenvalue weighted by Crippen LogP contribution is 2.18. The van der Waals surface area contributed by atoms with Crippen LogP contribution in [-0.2, 0) is 9.84 Å². The molecule has 8 heteroatoms. The Morgan fingerprint density at radius 3 is 2.67 bits per heavy atom. The van der Waals surface area contributed by atoms with E-state index in [1.165, 1.54) is 0 Å². The fourth-order valence-corrected chi connectivity index (χ4v) is 5.14. The summed E-state index contributed by atoms with van der Waals surface area (Å²) in [6.45, 7) is 1.68. The third-order valence-electron chi connectivity index (χ3n) is 4.85. The summed E-state index contributed by atoms with van der Waals surface area (Å²) in [5.41, 5.74) is 0.900. The van der Waals surface area contributed by atoms with Crippen LogP contribution in [0.25, 0.3) is 0 Å². The van der Waals surface area contributed by atoms with E-state index in [0.717, 1.165) is 25.9 Å². The molecule has 1 unspecified atom stereocenters. The minimum Gasteiger partial charge on any atom is -0.356 e. The van der Waals surface area contributed by atoms with E-state index in [4.69, 9.17) is 0 Å². The first kappa shape index (κ1) is 17.2. The van der Waals surface area contributed by atoms with Crippen LogP contribution in [0, 0.1) is 0 Å². The van der Waals surface area contributed by atoms with Crippen LogP contribution in [0.2, 0.25) is 0 Å². The highest BCUT2D eigenvalue weighted by Gasteiger charge is 2.31. The molecular formula is C16H23N3O4S. The minimum absolute atomic E-state index is 0.0678. The van der Waals surface area contributed by atoms with E-state index in [1.807, 2.05) is 0 Å². The van der Waals surface area contributed by atoms with Crippen LogP contribution in [0.15, 0.2) is 12.3 Å². The molecule has 1 N–H and O–H groups in total. The van der Waals surface area contributed by atoms with Gasteiger partial charge in [0.1, 0.15) is 5.69 Å². The number of amides is 1. The number of aromatic amines is 1. The van der Waals surface area contributed by atoms with Gasteiger partial charge < -0.3 is 9.88 Å². The molecule has 0 aliphatic carbocycles. The second-order valence-electron chi connectivity index (χ2n) is 6.70. The Labute approximate surface area is 141 Å². The van der Waals surface area contributed by atoms with Crippen molar-refractivity contribution in [3.63, 3.8) is 0 Å². The molecule has 0 aromatic carbocycles. The topological polar surface area (TPSA) is 90.6 Å². The zero-order valence-corrected chi connectivity index (χ0v) is 14.6. The van der Waals surface area contributed by atoms with Crippen LogP contribution in [0.4, 0.5) is 0 Å². The number of carbonyl (C=O) groups is 2. The molecule has 1 aromatic rings. The van der Waals surface area contributed by atoms with E-state index in [1.54, 1.807) is 29.1 Å². The molecule has 2 aliphatic rings.